The first-order valence-corrected chi connectivity index (χ1v) is 21.0. The summed E-state index contributed by atoms with van der Waals surface area (Å²) in [7, 11) is 0. The van der Waals surface area contributed by atoms with Crippen LogP contribution in [0.4, 0.5) is 0 Å². The fourth-order valence-corrected chi connectivity index (χ4v) is 5.39. The molecule has 4 N–H and O–H groups in total. The molecule has 1 aliphatic rings. The van der Waals surface area contributed by atoms with Gasteiger partial charge in [0.1, 0.15) is 31.0 Å². The van der Waals surface area contributed by atoms with Crippen molar-refractivity contribution in [2.24, 2.45) is 0 Å². The third-order valence-electron chi connectivity index (χ3n) is 8.65. The highest BCUT2D eigenvalue weighted by Crippen LogP contribution is 2.22. The van der Waals surface area contributed by atoms with E-state index in [1.54, 1.807) is 0 Å². The van der Waals surface area contributed by atoms with Gasteiger partial charge in [-0.2, -0.15) is 0 Å². The number of hydrogen-bond donors (Lipinski definition) is 4. The summed E-state index contributed by atoms with van der Waals surface area (Å²) < 4.78 is 22.0. The van der Waals surface area contributed by atoms with Crippen LogP contribution in [0.5, 0.6) is 0 Å². The van der Waals surface area contributed by atoms with Crippen LogP contribution in [0.3, 0.4) is 0 Å². The van der Waals surface area contributed by atoms with Gasteiger partial charge in [0.05, 0.1) is 13.2 Å². The zero-order chi connectivity index (χ0) is 41.6. The van der Waals surface area contributed by atoms with Crippen LogP contribution < -0.4 is 0 Å². The fourth-order valence-electron chi connectivity index (χ4n) is 5.39. The van der Waals surface area contributed by atoms with Gasteiger partial charge in [0, 0.05) is 12.8 Å². The number of carbonyl (C=O) groups excluding carboxylic acids is 2. The molecule has 0 radical (unpaired) electrons. The highest BCUT2D eigenvalue weighted by Gasteiger charge is 2.44. The van der Waals surface area contributed by atoms with Crippen molar-refractivity contribution in [2.75, 3.05) is 19.8 Å². The first-order valence-electron chi connectivity index (χ1n) is 21.0. The standard InChI is InChI=1S/C47H72O10/c1-3-5-7-9-11-13-15-17-19-20-22-23-25-27-29-31-33-35-42(49)54-38-40(39-55-47-46(53)45(52)44(51)41(37-48)57-47)56-43(50)36-34-32-30-28-26-24-21-18-16-14-12-10-8-6-4-2/h5-8,11-14,17-19,21-23,26-29,40-41,44-48,51-53H,3-4,9-10,15-16,20,24-25,30-39H2,1-2H3/b7-5-,8-6-,13-11-,14-12-,19-17-,21-18-,23-22-,28-26-,29-27-/t40-,41?,44+,45?,46?,47-/m1/s1. The molecule has 6 atom stereocenters. The van der Waals surface area contributed by atoms with Crippen molar-refractivity contribution < 1.29 is 49.0 Å². The Labute approximate surface area is 342 Å². The van der Waals surface area contributed by atoms with Crippen LogP contribution in [-0.2, 0) is 28.5 Å². The van der Waals surface area contributed by atoms with E-state index in [4.69, 9.17) is 18.9 Å². The zero-order valence-electron chi connectivity index (χ0n) is 34.5. The molecule has 0 saturated carbocycles. The molecule has 1 rings (SSSR count). The molecule has 0 aromatic heterocycles. The molecular weight excluding hydrogens is 725 g/mol. The summed E-state index contributed by atoms with van der Waals surface area (Å²) in [5.41, 5.74) is 0. The second-order valence-electron chi connectivity index (χ2n) is 13.7. The lowest BCUT2D eigenvalue weighted by Crippen LogP contribution is -2.59. The second kappa shape index (κ2) is 36.7. The molecule has 320 valence electrons. The van der Waals surface area contributed by atoms with Crippen molar-refractivity contribution in [1.82, 2.24) is 0 Å². The van der Waals surface area contributed by atoms with E-state index < -0.39 is 55.4 Å². The molecule has 1 heterocycles. The van der Waals surface area contributed by atoms with Gasteiger partial charge in [-0.15, -0.1) is 0 Å². The molecule has 10 heteroatoms. The Balaban J connectivity index is 2.45. The zero-order valence-corrected chi connectivity index (χ0v) is 34.5. The maximum atomic E-state index is 12.7. The number of hydrogen-bond acceptors (Lipinski definition) is 10. The first-order chi connectivity index (χ1) is 27.8. The van der Waals surface area contributed by atoms with E-state index in [2.05, 4.69) is 117 Å². The fraction of sp³-hybridized carbons (Fsp3) is 0.574. The Morgan fingerprint density at radius 2 is 0.982 bits per heavy atom. The van der Waals surface area contributed by atoms with Crippen molar-refractivity contribution in [3.05, 3.63) is 109 Å². The van der Waals surface area contributed by atoms with Crippen molar-refractivity contribution in [3.63, 3.8) is 0 Å². The minimum atomic E-state index is -1.62. The number of carbonyl (C=O) groups is 2. The number of unbranched alkanes of at least 4 members (excludes halogenated alkanes) is 3. The number of aliphatic hydroxyl groups excluding tert-OH is 4. The lowest BCUT2D eigenvalue weighted by molar-refractivity contribution is -0.305. The minimum Gasteiger partial charge on any atom is -0.462 e. The Hall–Kier alpha value is -3.64. The predicted molar refractivity (Wildman–Crippen MR) is 228 cm³/mol. The van der Waals surface area contributed by atoms with E-state index in [-0.39, 0.29) is 26.1 Å². The maximum Gasteiger partial charge on any atom is 0.306 e. The molecule has 3 unspecified atom stereocenters. The van der Waals surface area contributed by atoms with Gasteiger partial charge in [-0.05, 0) is 89.9 Å². The molecule has 1 aliphatic heterocycles. The van der Waals surface area contributed by atoms with Crippen LogP contribution in [0.15, 0.2) is 109 Å². The lowest BCUT2D eigenvalue weighted by Gasteiger charge is -2.39. The van der Waals surface area contributed by atoms with Crippen molar-refractivity contribution in [2.45, 2.75) is 153 Å². The number of esters is 2. The maximum absolute atomic E-state index is 12.7. The van der Waals surface area contributed by atoms with E-state index in [1.807, 2.05) is 6.08 Å². The average molecular weight is 797 g/mol. The van der Waals surface area contributed by atoms with Crippen molar-refractivity contribution in [3.8, 4) is 0 Å². The van der Waals surface area contributed by atoms with Gasteiger partial charge in [0.25, 0.3) is 0 Å². The van der Waals surface area contributed by atoms with E-state index in [1.165, 1.54) is 0 Å². The van der Waals surface area contributed by atoms with Crippen molar-refractivity contribution in [1.29, 1.82) is 0 Å². The molecule has 10 nitrogen and oxygen atoms in total. The smallest absolute Gasteiger partial charge is 0.306 e. The molecule has 0 spiro atoms. The van der Waals surface area contributed by atoms with Gasteiger partial charge in [0.2, 0.25) is 0 Å². The van der Waals surface area contributed by atoms with Gasteiger partial charge in [0.15, 0.2) is 12.4 Å². The Bertz CT molecular complexity index is 1290. The summed E-state index contributed by atoms with van der Waals surface area (Å²) in [6.07, 6.45) is 42.5. The van der Waals surface area contributed by atoms with E-state index in [0.717, 1.165) is 70.6 Å². The monoisotopic (exact) mass is 797 g/mol. The van der Waals surface area contributed by atoms with Crippen LogP contribution in [0.1, 0.15) is 117 Å². The predicted octanol–water partition coefficient (Wildman–Crippen LogP) is 8.55. The van der Waals surface area contributed by atoms with Gasteiger partial charge in [-0.1, -0.05) is 123 Å². The molecule has 0 aromatic carbocycles. The Morgan fingerprint density at radius 3 is 1.46 bits per heavy atom. The van der Waals surface area contributed by atoms with Crippen LogP contribution in [0.25, 0.3) is 0 Å². The topological polar surface area (TPSA) is 152 Å². The van der Waals surface area contributed by atoms with E-state index >= 15 is 0 Å². The lowest BCUT2D eigenvalue weighted by atomic mass is 9.99. The molecule has 0 aromatic rings. The summed E-state index contributed by atoms with van der Waals surface area (Å²) in [4.78, 5) is 25.2. The molecule has 1 fully saturated rings. The Morgan fingerprint density at radius 1 is 0.544 bits per heavy atom. The van der Waals surface area contributed by atoms with Gasteiger partial charge in [-0.3, -0.25) is 9.59 Å². The third kappa shape index (κ3) is 28.4. The SMILES string of the molecule is CC/C=C\C/C=C\C/C=C\C/C=C\C/C=C\CCCC(=O)OC[C@H](CO[C@@H]1OC(CO)[C@H](O)C(O)C1O)OC(=O)CCCC/C=C\C/C=C\C/C=C\C/C=C\CC. The number of allylic oxidation sites excluding steroid dienone is 18. The van der Waals surface area contributed by atoms with Crippen LogP contribution in [0.2, 0.25) is 0 Å². The summed E-state index contributed by atoms with van der Waals surface area (Å²) in [5.74, 6) is -0.939. The molecule has 57 heavy (non-hydrogen) atoms. The highest BCUT2D eigenvalue weighted by atomic mass is 16.7. The van der Waals surface area contributed by atoms with Crippen LogP contribution in [0, 0.1) is 0 Å². The van der Waals surface area contributed by atoms with Gasteiger partial charge < -0.3 is 39.4 Å². The average Bonchev–Trinajstić information content (AvgIpc) is 3.21. The largest absolute Gasteiger partial charge is 0.462 e. The summed E-state index contributed by atoms with van der Waals surface area (Å²) >= 11 is 0. The summed E-state index contributed by atoms with van der Waals surface area (Å²) in [5, 5.41) is 40.0. The van der Waals surface area contributed by atoms with Gasteiger partial charge in [-0.25, -0.2) is 0 Å². The first kappa shape index (κ1) is 51.4. The minimum absolute atomic E-state index is 0.158. The summed E-state index contributed by atoms with van der Waals surface area (Å²) in [6.45, 7) is 3.06. The third-order valence-corrected chi connectivity index (χ3v) is 8.65. The highest BCUT2D eigenvalue weighted by molar-refractivity contribution is 5.70. The molecule has 0 bridgehead atoms. The summed E-state index contributed by atoms with van der Waals surface area (Å²) in [6, 6.07) is 0. The molecule has 1 saturated heterocycles. The van der Waals surface area contributed by atoms with Crippen molar-refractivity contribution >= 4 is 11.9 Å². The quantitative estimate of drug-likeness (QED) is 0.0296. The van der Waals surface area contributed by atoms with E-state index in [0.29, 0.717) is 19.3 Å². The van der Waals surface area contributed by atoms with Crippen LogP contribution >= 0.6 is 0 Å². The molecule has 0 aliphatic carbocycles. The van der Waals surface area contributed by atoms with Crippen LogP contribution in [-0.4, -0.2) is 89.0 Å². The van der Waals surface area contributed by atoms with Gasteiger partial charge >= 0.3 is 11.9 Å². The van der Waals surface area contributed by atoms with E-state index in [9.17, 15) is 30.0 Å². The molecular formula is C47H72O10. The second-order valence-corrected chi connectivity index (χ2v) is 13.7. The number of aliphatic hydroxyl groups is 4. The Kier molecular flexibility index (Phi) is 33.1. The molecule has 0 amide bonds. The number of rotatable bonds is 32. The normalized spacial score (nSPS) is 21.4. The number of ether oxygens (including phenoxy) is 4.